The maximum Gasteiger partial charge on any atom is 0.197 e. The van der Waals surface area contributed by atoms with E-state index in [1.54, 1.807) is 0 Å². The Bertz CT molecular complexity index is 332. The van der Waals surface area contributed by atoms with E-state index in [0.717, 1.165) is 24.8 Å². The molecule has 0 amide bonds. The van der Waals surface area contributed by atoms with Crippen molar-refractivity contribution in [3.8, 4) is 0 Å². The van der Waals surface area contributed by atoms with Crippen LogP contribution in [-0.4, -0.2) is 18.0 Å². The molecule has 0 aromatic rings. The van der Waals surface area contributed by atoms with Crippen molar-refractivity contribution in [2.75, 3.05) is 6.61 Å². The van der Waals surface area contributed by atoms with E-state index >= 15 is 0 Å². The molecule has 3 aliphatic rings. The molecule has 0 aromatic carbocycles. The molecule has 1 unspecified atom stereocenters. The largest absolute Gasteiger partial charge is 0.356 e. The second-order valence-corrected chi connectivity index (χ2v) is 4.05. The zero-order chi connectivity index (χ0) is 8.89. The van der Waals surface area contributed by atoms with E-state index in [1.807, 2.05) is 6.08 Å². The molecule has 1 saturated heterocycles. The van der Waals surface area contributed by atoms with Gasteiger partial charge in [0, 0.05) is 5.57 Å². The summed E-state index contributed by atoms with van der Waals surface area (Å²) in [4.78, 5) is 11.9. The number of epoxide rings is 1. The van der Waals surface area contributed by atoms with Gasteiger partial charge in [-0.15, -0.1) is 0 Å². The summed E-state index contributed by atoms with van der Waals surface area (Å²) in [5.74, 6) is 0.240. The highest BCUT2D eigenvalue weighted by Crippen LogP contribution is 2.41. The summed E-state index contributed by atoms with van der Waals surface area (Å²) in [6.45, 7) is 0.596. The van der Waals surface area contributed by atoms with Crippen LogP contribution in [0.25, 0.3) is 0 Å². The lowest BCUT2D eigenvalue weighted by molar-refractivity contribution is -0.119. The minimum absolute atomic E-state index is 0.240. The lowest BCUT2D eigenvalue weighted by atomic mass is 9.81. The SMILES string of the molecule is O=C1C2=C(C=CC13CO3)CCCC2. The number of rotatable bonds is 0. The van der Waals surface area contributed by atoms with Gasteiger partial charge < -0.3 is 4.74 Å². The van der Waals surface area contributed by atoms with Crippen molar-refractivity contribution < 1.29 is 9.53 Å². The normalized spacial score (nSPS) is 36.8. The van der Waals surface area contributed by atoms with Crippen molar-refractivity contribution in [2.45, 2.75) is 31.3 Å². The Balaban J connectivity index is 2.03. The van der Waals surface area contributed by atoms with Gasteiger partial charge in [-0.3, -0.25) is 4.79 Å². The Morgan fingerprint density at radius 2 is 2.08 bits per heavy atom. The van der Waals surface area contributed by atoms with Gasteiger partial charge in [-0.1, -0.05) is 6.08 Å². The van der Waals surface area contributed by atoms with Crippen LogP contribution in [0.2, 0.25) is 0 Å². The molecule has 13 heavy (non-hydrogen) atoms. The standard InChI is InChI=1S/C11H12O2/c12-10-9-4-2-1-3-8(9)5-6-11(10)7-13-11/h5-6H,1-4,7H2. The molecule has 68 valence electrons. The molecule has 1 heterocycles. The monoisotopic (exact) mass is 176 g/mol. The highest BCUT2D eigenvalue weighted by Gasteiger charge is 2.52. The summed E-state index contributed by atoms with van der Waals surface area (Å²) < 4.78 is 5.23. The Morgan fingerprint density at radius 3 is 2.85 bits per heavy atom. The molecule has 2 nitrogen and oxygen atoms in total. The summed E-state index contributed by atoms with van der Waals surface area (Å²) >= 11 is 0. The molecule has 1 fully saturated rings. The number of ketones is 1. The van der Waals surface area contributed by atoms with Crippen molar-refractivity contribution in [1.29, 1.82) is 0 Å². The third kappa shape index (κ3) is 0.953. The Kier molecular flexibility index (Phi) is 1.34. The van der Waals surface area contributed by atoms with Gasteiger partial charge in [-0.05, 0) is 37.3 Å². The molecular weight excluding hydrogens is 164 g/mol. The van der Waals surface area contributed by atoms with E-state index in [9.17, 15) is 4.79 Å². The summed E-state index contributed by atoms with van der Waals surface area (Å²) in [6.07, 6.45) is 8.47. The van der Waals surface area contributed by atoms with Crippen LogP contribution in [0.15, 0.2) is 23.3 Å². The maximum absolute atomic E-state index is 11.9. The number of allylic oxidation sites excluding steroid dienone is 2. The van der Waals surface area contributed by atoms with E-state index in [1.165, 1.54) is 12.0 Å². The Morgan fingerprint density at radius 1 is 1.31 bits per heavy atom. The Labute approximate surface area is 77.3 Å². The fourth-order valence-corrected chi connectivity index (χ4v) is 2.24. The minimum atomic E-state index is -0.504. The van der Waals surface area contributed by atoms with Gasteiger partial charge in [0.25, 0.3) is 0 Å². The van der Waals surface area contributed by atoms with Crippen LogP contribution in [0.5, 0.6) is 0 Å². The smallest absolute Gasteiger partial charge is 0.197 e. The molecule has 0 radical (unpaired) electrons. The summed E-state index contributed by atoms with van der Waals surface area (Å²) in [5, 5.41) is 0. The van der Waals surface area contributed by atoms with Crippen molar-refractivity contribution in [2.24, 2.45) is 0 Å². The quantitative estimate of drug-likeness (QED) is 0.526. The molecular formula is C11H12O2. The first-order valence-corrected chi connectivity index (χ1v) is 4.92. The van der Waals surface area contributed by atoms with Gasteiger partial charge in [0.1, 0.15) is 0 Å². The first-order chi connectivity index (χ1) is 6.32. The fraction of sp³-hybridized carbons (Fsp3) is 0.545. The Hall–Kier alpha value is -0.890. The zero-order valence-corrected chi connectivity index (χ0v) is 7.51. The van der Waals surface area contributed by atoms with Gasteiger partial charge in [0.15, 0.2) is 11.4 Å². The second kappa shape index (κ2) is 2.32. The van der Waals surface area contributed by atoms with E-state index in [0.29, 0.717) is 6.61 Å². The van der Waals surface area contributed by atoms with Crippen LogP contribution in [0.3, 0.4) is 0 Å². The number of hydrogen-bond donors (Lipinski definition) is 0. The topological polar surface area (TPSA) is 29.6 Å². The third-order valence-corrected chi connectivity index (χ3v) is 3.18. The van der Waals surface area contributed by atoms with Crippen molar-refractivity contribution in [3.05, 3.63) is 23.3 Å². The molecule has 1 spiro atoms. The van der Waals surface area contributed by atoms with Gasteiger partial charge in [-0.2, -0.15) is 0 Å². The fourth-order valence-electron chi connectivity index (χ4n) is 2.24. The van der Waals surface area contributed by atoms with Gasteiger partial charge in [-0.25, -0.2) is 0 Å². The van der Waals surface area contributed by atoms with Crippen molar-refractivity contribution in [3.63, 3.8) is 0 Å². The minimum Gasteiger partial charge on any atom is -0.356 e. The summed E-state index contributed by atoms with van der Waals surface area (Å²) in [5.41, 5.74) is 1.81. The van der Waals surface area contributed by atoms with Gasteiger partial charge in [0.05, 0.1) is 6.61 Å². The van der Waals surface area contributed by atoms with E-state index in [-0.39, 0.29) is 5.78 Å². The molecule has 0 saturated carbocycles. The molecule has 2 heteroatoms. The summed E-state index contributed by atoms with van der Waals surface area (Å²) in [6, 6.07) is 0. The van der Waals surface area contributed by atoms with Crippen molar-refractivity contribution >= 4 is 5.78 Å². The molecule has 1 atom stereocenters. The highest BCUT2D eigenvalue weighted by atomic mass is 16.6. The first-order valence-electron chi connectivity index (χ1n) is 4.92. The van der Waals surface area contributed by atoms with Crippen LogP contribution in [0.1, 0.15) is 25.7 Å². The number of carbonyl (C=O) groups is 1. The lowest BCUT2D eigenvalue weighted by Crippen LogP contribution is -2.28. The number of ether oxygens (including phenoxy) is 1. The van der Waals surface area contributed by atoms with Crippen LogP contribution >= 0.6 is 0 Å². The number of carbonyl (C=O) groups excluding carboxylic acids is 1. The average Bonchev–Trinajstić information content (AvgIpc) is 2.94. The lowest BCUT2D eigenvalue weighted by Gasteiger charge is -2.22. The van der Waals surface area contributed by atoms with Gasteiger partial charge >= 0.3 is 0 Å². The van der Waals surface area contributed by atoms with Crippen LogP contribution < -0.4 is 0 Å². The zero-order valence-electron chi connectivity index (χ0n) is 7.51. The van der Waals surface area contributed by atoms with E-state index in [2.05, 4.69) is 6.08 Å². The third-order valence-electron chi connectivity index (χ3n) is 3.18. The predicted molar refractivity (Wildman–Crippen MR) is 48.3 cm³/mol. The number of hydrogen-bond acceptors (Lipinski definition) is 2. The molecule has 0 bridgehead atoms. The van der Waals surface area contributed by atoms with E-state index < -0.39 is 5.60 Å². The van der Waals surface area contributed by atoms with Gasteiger partial charge in [0.2, 0.25) is 0 Å². The molecule has 0 aromatic heterocycles. The molecule has 2 aliphatic carbocycles. The highest BCUT2D eigenvalue weighted by molar-refractivity contribution is 6.07. The number of Topliss-reactive ketones (excluding diaryl/α,β-unsaturated/α-hetero) is 1. The predicted octanol–water partition coefficient (Wildman–Crippen LogP) is 1.76. The molecule has 1 aliphatic heterocycles. The maximum atomic E-state index is 11.9. The molecule has 3 rings (SSSR count). The van der Waals surface area contributed by atoms with Crippen LogP contribution in [0.4, 0.5) is 0 Å². The van der Waals surface area contributed by atoms with Crippen LogP contribution in [0, 0.1) is 0 Å². The van der Waals surface area contributed by atoms with E-state index in [4.69, 9.17) is 4.74 Å². The second-order valence-electron chi connectivity index (χ2n) is 4.05. The average molecular weight is 176 g/mol. The van der Waals surface area contributed by atoms with Crippen molar-refractivity contribution in [1.82, 2.24) is 0 Å². The summed E-state index contributed by atoms with van der Waals surface area (Å²) in [7, 11) is 0. The first kappa shape index (κ1) is 7.51. The molecule has 0 N–H and O–H groups in total. The van der Waals surface area contributed by atoms with Crippen LogP contribution in [-0.2, 0) is 9.53 Å².